The van der Waals surface area contributed by atoms with E-state index in [-0.39, 0.29) is 5.82 Å². The van der Waals surface area contributed by atoms with Gasteiger partial charge >= 0.3 is 0 Å². The summed E-state index contributed by atoms with van der Waals surface area (Å²) in [4.78, 5) is 5.69. The number of nitrogens with zero attached hydrogens (tertiary/aromatic N) is 1. The number of likely N-dealkylation sites (N-methyl/N-ethyl adjacent to an activating group) is 1. The molecule has 18 heavy (non-hydrogen) atoms. The van der Waals surface area contributed by atoms with Crippen molar-refractivity contribution in [2.24, 2.45) is 0 Å². The normalized spacial score (nSPS) is 20.9. The third-order valence-electron chi connectivity index (χ3n) is 4.20. The number of hydrogen-bond donors (Lipinski definition) is 1. The van der Waals surface area contributed by atoms with Crippen LogP contribution in [0.5, 0.6) is 0 Å². The molecule has 0 radical (unpaired) electrons. The van der Waals surface area contributed by atoms with E-state index in [2.05, 4.69) is 16.9 Å². The van der Waals surface area contributed by atoms with Gasteiger partial charge in [0.1, 0.15) is 5.82 Å². The summed E-state index contributed by atoms with van der Waals surface area (Å²) in [5.74, 6) is -0.104. The zero-order chi connectivity index (χ0) is 12.7. The molecule has 0 bridgehead atoms. The highest BCUT2D eigenvalue weighted by molar-refractivity contribution is 5.85. The molecule has 3 heteroatoms. The Morgan fingerprint density at radius 3 is 3.00 bits per heavy atom. The zero-order valence-corrected chi connectivity index (χ0v) is 11.0. The Balaban J connectivity index is 2.03. The predicted octanol–water partition coefficient (Wildman–Crippen LogP) is 3.25. The lowest BCUT2D eigenvalue weighted by molar-refractivity contribution is 0.309. The second-order valence-electron chi connectivity index (χ2n) is 5.37. The van der Waals surface area contributed by atoms with Crippen LogP contribution in [0, 0.1) is 12.7 Å². The topological polar surface area (TPSA) is 19.0 Å². The number of rotatable bonds is 2. The highest BCUT2D eigenvalue weighted by Gasteiger charge is 2.23. The first-order valence-corrected chi connectivity index (χ1v) is 6.62. The first kappa shape index (κ1) is 11.7. The van der Waals surface area contributed by atoms with Gasteiger partial charge in [0.25, 0.3) is 0 Å². The molecule has 0 unspecified atom stereocenters. The molecule has 1 saturated heterocycles. The van der Waals surface area contributed by atoms with Crippen LogP contribution in [0.4, 0.5) is 4.39 Å². The summed E-state index contributed by atoms with van der Waals surface area (Å²) in [5, 5.41) is 0.787. The van der Waals surface area contributed by atoms with Gasteiger partial charge in [0, 0.05) is 22.6 Å². The number of halogens is 1. The van der Waals surface area contributed by atoms with Crippen molar-refractivity contribution in [3.63, 3.8) is 0 Å². The Kier molecular flexibility index (Phi) is 2.86. The number of aromatic amines is 1. The van der Waals surface area contributed by atoms with Crippen molar-refractivity contribution in [1.29, 1.82) is 0 Å². The smallest absolute Gasteiger partial charge is 0.132 e. The van der Waals surface area contributed by atoms with Crippen molar-refractivity contribution < 1.29 is 4.39 Å². The quantitative estimate of drug-likeness (QED) is 0.861. The maximum Gasteiger partial charge on any atom is 0.132 e. The van der Waals surface area contributed by atoms with E-state index in [0.29, 0.717) is 6.04 Å². The monoisotopic (exact) mass is 246 g/mol. The molecule has 0 amide bonds. The van der Waals surface area contributed by atoms with Crippen LogP contribution >= 0.6 is 0 Å². The summed E-state index contributed by atoms with van der Waals surface area (Å²) in [5.41, 5.74) is 3.18. The largest absolute Gasteiger partial charge is 0.358 e. The van der Waals surface area contributed by atoms with Crippen LogP contribution in [0.3, 0.4) is 0 Å². The molecule has 0 spiro atoms. The number of aryl methyl sites for hydroxylation is 1. The standard InChI is InChI=1S/C15H19FN2/c1-10-12(9-11-5-4-8-18(11)2)15-13(16)6-3-7-14(15)17-10/h3,6-7,11,17H,4-5,8-9H2,1-2H3/t11-/m1/s1. The molecule has 1 aromatic carbocycles. The van der Waals surface area contributed by atoms with Gasteiger partial charge in [0.2, 0.25) is 0 Å². The van der Waals surface area contributed by atoms with E-state index in [1.165, 1.54) is 12.8 Å². The molecule has 1 N–H and O–H groups in total. The summed E-state index contributed by atoms with van der Waals surface area (Å²) in [6, 6.07) is 5.83. The van der Waals surface area contributed by atoms with Gasteiger partial charge in [0.05, 0.1) is 0 Å². The van der Waals surface area contributed by atoms with Gasteiger partial charge in [-0.25, -0.2) is 4.39 Å². The molecular formula is C15H19FN2. The fraction of sp³-hybridized carbons (Fsp3) is 0.467. The van der Waals surface area contributed by atoms with Gasteiger partial charge in [-0.1, -0.05) is 6.07 Å². The third kappa shape index (κ3) is 1.83. The molecule has 1 aliphatic rings. The first-order valence-electron chi connectivity index (χ1n) is 6.62. The minimum atomic E-state index is -0.104. The Hall–Kier alpha value is -1.35. The van der Waals surface area contributed by atoms with Crippen LogP contribution in [0.25, 0.3) is 10.9 Å². The Bertz CT molecular complexity index is 573. The van der Waals surface area contributed by atoms with E-state index >= 15 is 0 Å². The van der Waals surface area contributed by atoms with Crippen molar-refractivity contribution in [2.75, 3.05) is 13.6 Å². The fourth-order valence-corrected chi connectivity index (χ4v) is 3.13. The maximum atomic E-state index is 14.0. The SMILES string of the molecule is Cc1[nH]c2cccc(F)c2c1C[C@H]1CCCN1C. The van der Waals surface area contributed by atoms with Gasteiger partial charge in [-0.3, -0.25) is 0 Å². The predicted molar refractivity (Wildman–Crippen MR) is 72.3 cm³/mol. The number of benzene rings is 1. The van der Waals surface area contributed by atoms with Crippen LogP contribution < -0.4 is 0 Å². The highest BCUT2D eigenvalue weighted by atomic mass is 19.1. The average Bonchev–Trinajstić information content (AvgIpc) is 2.86. The molecular weight excluding hydrogens is 227 g/mol. The summed E-state index contributed by atoms with van der Waals surface area (Å²) >= 11 is 0. The Morgan fingerprint density at radius 1 is 1.44 bits per heavy atom. The van der Waals surface area contributed by atoms with Crippen molar-refractivity contribution in [3.05, 3.63) is 35.3 Å². The molecule has 2 aromatic rings. The average molecular weight is 246 g/mol. The van der Waals surface area contributed by atoms with E-state index in [9.17, 15) is 4.39 Å². The molecule has 3 rings (SSSR count). The van der Waals surface area contributed by atoms with E-state index in [1.54, 1.807) is 12.1 Å². The summed E-state index contributed by atoms with van der Waals surface area (Å²) in [6.07, 6.45) is 3.42. The number of aromatic nitrogens is 1. The minimum Gasteiger partial charge on any atom is -0.358 e. The third-order valence-corrected chi connectivity index (χ3v) is 4.20. The lowest BCUT2D eigenvalue weighted by atomic mass is 10.0. The Labute approximate surface area is 107 Å². The van der Waals surface area contributed by atoms with Crippen LogP contribution in [0.2, 0.25) is 0 Å². The van der Waals surface area contributed by atoms with Crippen LogP contribution in [-0.2, 0) is 6.42 Å². The van der Waals surface area contributed by atoms with Crippen LogP contribution in [0.15, 0.2) is 18.2 Å². The van der Waals surface area contributed by atoms with Gasteiger partial charge in [-0.15, -0.1) is 0 Å². The van der Waals surface area contributed by atoms with E-state index in [1.807, 2.05) is 13.0 Å². The van der Waals surface area contributed by atoms with Crippen molar-refractivity contribution in [3.8, 4) is 0 Å². The lowest BCUT2D eigenvalue weighted by Gasteiger charge is -2.19. The molecule has 1 aliphatic heterocycles. The maximum absolute atomic E-state index is 14.0. The number of fused-ring (bicyclic) bond motifs is 1. The lowest BCUT2D eigenvalue weighted by Crippen LogP contribution is -2.27. The van der Waals surface area contributed by atoms with Crippen molar-refractivity contribution >= 4 is 10.9 Å². The second-order valence-corrected chi connectivity index (χ2v) is 5.37. The Morgan fingerprint density at radius 2 is 2.28 bits per heavy atom. The van der Waals surface area contributed by atoms with E-state index in [4.69, 9.17) is 0 Å². The first-order chi connectivity index (χ1) is 8.66. The van der Waals surface area contributed by atoms with Gasteiger partial charge < -0.3 is 9.88 Å². The summed E-state index contributed by atoms with van der Waals surface area (Å²) in [6.45, 7) is 3.21. The fourth-order valence-electron chi connectivity index (χ4n) is 3.13. The summed E-state index contributed by atoms with van der Waals surface area (Å²) in [7, 11) is 2.16. The van der Waals surface area contributed by atoms with E-state index in [0.717, 1.165) is 35.1 Å². The minimum absolute atomic E-state index is 0.104. The highest BCUT2D eigenvalue weighted by Crippen LogP contribution is 2.29. The number of likely N-dealkylation sites (tertiary alicyclic amines) is 1. The number of nitrogens with one attached hydrogen (secondary N) is 1. The summed E-state index contributed by atoms with van der Waals surface area (Å²) < 4.78 is 14.0. The van der Waals surface area contributed by atoms with E-state index < -0.39 is 0 Å². The van der Waals surface area contributed by atoms with Gasteiger partial charge in [0.15, 0.2) is 0 Å². The van der Waals surface area contributed by atoms with Crippen LogP contribution in [-0.4, -0.2) is 29.5 Å². The molecule has 1 atom stereocenters. The second kappa shape index (κ2) is 4.39. The van der Waals surface area contributed by atoms with Crippen LogP contribution in [0.1, 0.15) is 24.1 Å². The van der Waals surface area contributed by atoms with Gasteiger partial charge in [-0.05, 0) is 57.5 Å². The molecule has 1 aromatic heterocycles. The molecule has 1 fully saturated rings. The molecule has 2 nitrogen and oxygen atoms in total. The molecule has 2 heterocycles. The van der Waals surface area contributed by atoms with Crippen molar-refractivity contribution in [2.45, 2.75) is 32.2 Å². The number of hydrogen-bond acceptors (Lipinski definition) is 1. The molecule has 0 aliphatic carbocycles. The number of H-pyrrole nitrogens is 1. The molecule has 96 valence electrons. The van der Waals surface area contributed by atoms with Gasteiger partial charge in [-0.2, -0.15) is 0 Å². The zero-order valence-electron chi connectivity index (χ0n) is 11.0. The molecule has 0 saturated carbocycles. The van der Waals surface area contributed by atoms with Crippen molar-refractivity contribution in [1.82, 2.24) is 9.88 Å².